The van der Waals surface area contributed by atoms with Crippen LogP contribution in [0.2, 0.25) is 0 Å². The van der Waals surface area contributed by atoms with Crippen molar-refractivity contribution in [2.45, 2.75) is 31.6 Å². The molecule has 1 aliphatic rings. The van der Waals surface area contributed by atoms with Crippen molar-refractivity contribution in [1.82, 2.24) is 9.29 Å². The second-order valence-corrected chi connectivity index (χ2v) is 10.5. The van der Waals surface area contributed by atoms with Gasteiger partial charge in [-0.15, -0.1) is 0 Å². The zero-order valence-electron chi connectivity index (χ0n) is 16.7. The molecule has 2 heterocycles. The summed E-state index contributed by atoms with van der Waals surface area (Å²) in [5.74, 6) is -0.897. The van der Waals surface area contributed by atoms with Crippen LogP contribution < -0.4 is 5.32 Å². The number of benzene rings is 2. The summed E-state index contributed by atoms with van der Waals surface area (Å²) in [6.45, 7) is 4.53. The maximum atomic E-state index is 13.1. The summed E-state index contributed by atoms with van der Waals surface area (Å²) >= 11 is 1.44. The van der Waals surface area contributed by atoms with Crippen LogP contribution in [0.15, 0.2) is 41.3 Å². The van der Waals surface area contributed by atoms with Gasteiger partial charge in [0.25, 0.3) is 0 Å². The smallest absolute Gasteiger partial charge is 0.243 e. The standard InChI is InChI=1S/C21H22FN3O3S2/c1-13-3-8-18-19(14(13)2)23-21(29-18)24-20(26)15-9-11-25(12-10-15)30(27,28)17-6-4-16(22)5-7-17/h3-8,15H,9-12H2,1-2H3,(H,23,24,26). The first-order valence-electron chi connectivity index (χ1n) is 9.69. The van der Waals surface area contributed by atoms with Crippen LogP contribution in [-0.4, -0.2) is 36.7 Å². The van der Waals surface area contributed by atoms with Gasteiger partial charge in [-0.25, -0.2) is 17.8 Å². The lowest BCUT2D eigenvalue weighted by Crippen LogP contribution is -2.41. The molecule has 0 atom stereocenters. The van der Waals surface area contributed by atoms with E-state index in [1.807, 2.05) is 26.0 Å². The molecule has 1 aliphatic heterocycles. The molecule has 0 bridgehead atoms. The number of anilines is 1. The molecule has 0 spiro atoms. The largest absolute Gasteiger partial charge is 0.302 e. The molecule has 1 fully saturated rings. The quantitative estimate of drug-likeness (QED) is 0.653. The number of piperidine rings is 1. The third-order valence-electron chi connectivity index (χ3n) is 5.59. The minimum Gasteiger partial charge on any atom is -0.302 e. The molecule has 1 saturated heterocycles. The van der Waals surface area contributed by atoms with Crippen LogP contribution in [0.1, 0.15) is 24.0 Å². The first-order chi connectivity index (χ1) is 14.3. The van der Waals surface area contributed by atoms with Gasteiger partial charge in [-0.2, -0.15) is 4.31 Å². The second kappa shape index (κ2) is 8.05. The Morgan fingerprint density at radius 1 is 1.13 bits per heavy atom. The number of hydrogen-bond donors (Lipinski definition) is 1. The van der Waals surface area contributed by atoms with Crippen molar-refractivity contribution < 1.29 is 17.6 Å². The Balaban J connectivity index is 1.41. The average molecular weight is 448 g/mol. The lowest BCUT2D eigenvalue weighted by atomic mass is 9.97. The van der Waals surface area contributed by atoms with E-state index in [4.69, 9.17) is 0 Å². The Kier molecular flexibility index (Phi) is 5.61. The number of carbonyl (C=O) groups excluding carboxylic acids is 1. The molecule has 1 aromatic heterocycles. The summed E-state index contributed by atoms with van der Waals surface area (Å²) in [7, 11) is -3.69. The van der Waals surface area contributed by atoms with Gasteiger partial charge in [0.1, 0.15) is 5.82 Å². The molecular weight excluding hydrogens is 425 g/mol. The second-order valence-electron chi connectivity index (χ2n) is 7.49. The third-order valence-corrected chi connectivity index (χ3v) is 8.44. The molecule has 4 rings (SSSR count). The monoisotopic (exact) mass is 447 g/mol. The van der Waals surface area contributed by atoms with Gasteiger partial charge in [-0.3, -0.25) is 4.79 Å². The number of hydrogen-bond acceptors (Lipinski definition) is 5. The van der Waals surface area contributed by atoms with Crippen LogP contribution in [0, 0.1) is 25.6 Å². The zero-order chi connectivity index (χ0) is 21.5. The number of thiazole rings is 1. The Labute approximate surface area is 178 Å². The van der Waals surface area contributed by atoms with Gasteiger partial charge in [0.05, 0.1) is 15.1 Å². The lowest BCUT2D eigenvalue weighted by Gasteiger charge is -2.30. The number of aromatic nitrogens is 1. The van der Waals surface area contributed by atoms with Crippen molar-refractivity contribution in [3.05, 3.63) is 53.3 Å². The van der Waals surface area contributed by atoms with E-state index < -0.39 is 15.8 Å². The van der Waals surface area contributed by atoms with E-state index in [9.17, 15) is 17.6 Å². The van der Waals surface area contributed by atoms with Gasteiger partial charge < -0.3 is 5.32 Å². The Hall–Kier alpha value is -2.36. The van der Waals surface area contributed by atoms with E-state index in [1.165, 1.54) is 27.8 Å². The minimum atomic E-state index is -3.69. The molecule has 9 heteroatoms. The summed E-state index contributed by atoms with van der Waals surface area (Å²) in [4.78, 5) is 17.3. The van der Waals surface area contributed by atoms with Crippen LogP contribution >= 0.6 is 11.3 Å². The highest BCUT2D eigenvalue weighted by Crippen LogP contribution is 2.31. The van der Waals surface area contributed by atoms with Gasteiger partial charge in [-0.05, 0) is 68.1 Å². The number of nitrogens with one attached hydrogen (secondary N) is 1. The summed E-state index contributed by atoms with van der Waals surface area (Å²) in [6, 6.07) is 8.84. The van der Waals surface area contributed by atoms with Crippen LogP contribution in [0.3, 0.4) is 0 Å². The first-order valence-corrected chi connectivity index (χ1v) is 11.9. The number of halogens is 1. The zero-order valence-corrected chi connectivity index (χ0v) is 18.3. The van der Waals surface area contributed by atoms with Crippen molar-refractivity contribution in [1.29, 1.82) is 0 Å². The van der Waals surface area contributed by atoms with Crippen LogP contribution in [0.25, 0.3) is 10.2 Å². The average Bonchev–Trinajstić information content (AvgIpc) is 3.14. The van der Waals surface area contributed by atoms with E-state index in [0.717, 1.165) is 33.5 Å². The predicted octanol–water partition coefficient (Wildman–Crippen LogP) is 4.09. The molecule has 1 N–H and O–H groups in total. The van der Waals surface area contributed by atoms with Gasteiger partial charge in [0, 0.05) is 19.0 Å². The number of nitrogens with zero attached hydrogens (tertiary/aromatic N) is 2. The van der Waals surface area contributed by atoms with Gasteiger partial charge in [0.15, 0.2) is 5.13 Å². The van der Waals surface area contributed by atoms with Crippen molar-refractivity contribution in [3.63, 3.8) is 0 Å². The van der Waals surface area contributed by atoms with Crippen molar-refractivity contribution in [2.24, 2.45) is 5.92 Å². The first kappa shape index (κ1) is 20.9. The molecule has 0 saturated carbocycles. The van der Waals surface area contributed by atoms with E-state index >= 15 is 0 Å². The van der Waals surface area contributed by atoms with Crippen LogP contribution in [0.4, 0.5) is 9.52 Å². The highest BCUT2D eigenvalue weighted by molar-refractivity contribution is 7.89. The van der Waals surface area contributed by atoms with E-state index in [2.05, 4.69) is 10.3 Å². The molecule has 1 amide bonds. The van der Waals surface area contributed by atoms with Gasteiger partial charge >= 0.3 is 0 Å². The van der Waals surface area contributed by atoms with Gasteiger partial charge in [0.2, 0.25) is 15.9 Å². The molecule has 2 aromatic carbocycles. The Morgan fingerprint density at radius 3 is 2.47 bits per heavy atom. The molecule has 0 radical (unpaired) electrons. The molecular formula is C21H22FN3O3S2. The number of carbonyl (C=O) groups is 1. The minimum absolute atomic E-state index is 0.0620. The van der Waals surface area contributed by atoms with Crippen LogP contribution in [-0.2, 0) is 14.8 Å². The fourth-order valence-electron chi connectivity index (χ4n) is 3.60. The predicted molar refractivity (Wildman–Crippen MR) is 116 cm³/mol. The highest BCUT2D eigenvalue weighted by Gasteiger charge is 2.32. The topological polar surface area (TPSA) is 79.4 Å². The summed E-state index contributed by atoms with van der Waals surface area (Å²) in [5.41, 5.74) is 3.15. The summed E-state index contributed by atoms with van der Waals surface area (Å²) in [6.07, 6.45) is 0.852. The number of amides is 1. The summed E-state index contributed by atoms with van der Waals surface area (Å²) < 4.78 is 40.9. The number of aryl methyl sites for hydroxylation is 2. The Bertz CT molecular complexity index is 1200. The Morgan fingerprint density at radius 2 is 1.80 bits per heavy atom. The molecule has 0 unspecified atom stereocenters. The van der Waals surface area contributed by atoms with Crippen LogP contribution in [0.5, 0.6) is 0 Å². The molecule has 0 aliphatic carbocycles. The molecule has 6 nitrogen and oxygen atoms in total. The van der Waals surface area contributed by atoms with Crippen molar-refractivity contribution >= 4 is 42.6 Å². The number of fused-ring (bicyclic) bond motifs is 1. The SMILES string of the molecule is Cc1ccc2sc(NC(=O)C3CCN(S(=O)(=O)c4ccc(F)cc4)CC3)nc2c1C. The van der Waals surface area contributed by atoms with Crippen molar-refractivity contribution in [3.8, 4) is 0 Å². The van der Waals surface area contributed by atoms with Gasteiger partial charge in [-0.1, -0.05) is 17.4 Å². The highest BCUT2D eigenvalue weighted by atomic mass is 32.2. The lowest BCUT2D eigenvalue weighted by molar-refractivity contribution is -0.120. The molecule has 158 valence electrons. The fraction of sp³-hybridized carbons (Fsp3) is 0.333. The maximum absolute atomic E-state index is 13.1. The molecule has 30 heavy (non-hydrogen) atoms. The third kappa shape index (κ3) is 3.97. The maximum Gasteiger partial charge on any atom is 0.243 e. The van der Waals surface area contributed by atoms with Crippen molar-refractivity contribution in [2.75, 3.05) is 18.4 Å². The normalized spacial score (nSPS) is 16.1. The summed E-state index contributed by atoms with van der Waals surface area (Å²) in [5, 5.41) is 3.46. The molecule has 3 aromatic rings. The van der Waals surface area contributed by atoms with E-state index in [-0.39, 0.29) is 29.8 Å². The van der Waals surface area contributed by atoms with E-state index in [1.54, 1.807) is 0 Å². The number of sulfonamides is 1. The van der Waals surface area contributed by atoms with E-state index in [0.29, 0.717) is 18.0 Å². The number of rotatable bonds is 4. The fourth-order valence-corrected chi connectivity index (χ4v) is 6.00.